The number of halogens is 4. The standard InChI is InChI=1S/C13H13F4N3S/c1-7-19-9(6-21-7)5-12(20-18)8-2-3-11(14)10(4-8)13(15,16)17/h2-4,6,12,20H,5,18H2,1H3. The first kappa shape index (κ1) is 15.9. The van der Waals surface area contributed by atoms with Crippen LogP contribution in [0.25, 0.3) is 0 Å². The van der Waals surface area contributed by atoms with Gasteiger partial charge in [0, 0.05) is 11.8 Å². The molecule has 1 heterocycles. The van der Waals surface area contributed by atoms with E-state index in [0.717, 1.165) is 22.8 Å². The zero-order valence-electron chi connectivity index (χ0n) is 11.0. The van der Waals surface area contributed by atoms with E-state index in [1.54, 1.807) is 0 Å². The van der Waals surface area contributed by atoms with Gasteiger partial charge >= 0.3 is 6.18 Å². The third-order valence-electron chi connectivity index (χ3n) is 2.98. The predicted molar refractivity (Wildman–Crippen MR) is 72.0 cm³/mol. The number of nitrogens with one attached hydrogen (secondary N) is 1. The molecule has 21 heavy (non-hydrogen) atoms. The van der Waals surface area contributed by atoms with Crippen molar-refractivity contribution in [3.05, 3.63) is 51.2 Å². The normalized spacial score (nSPS) is 13.4. The molecule has 2 rings (SSSR count). The maximum Gasteiger partial charge on any atom is 0.419 e. The molecule has 0 aliphatic carbocycles. The Bertz CT molecular complexity index is 624. The second-order valence-corrected chi connectivity index (χ2v) is 5.58. The SMILES string of the molecule is Cc1nc(CC(NN)c2ccc(F)c(C(F)(F)F)c2)cs1. The summed E-state index contributed by atoms with van der Waals surface area (Å²) in [5.41, 5.74) is 2.13. The fourth-order valence-corrected chi connectivity index (χ4v) is 2.59. The van der Waals surface area contributed by atoms with Gasteiger partial charge in [0.15, 0.2) is 0 Å². The van der Waals surface area contributed by atoms with Crippen molar-refractivity contribution >= 4 is 11.3 Å². The lowest BCUT2D eigenvalue weighted by atomic mass is 10.00. The van der Waals surface area contributed by atoms with Gasteiger partial charge in [0.05, 0.1) is 22.3 Å². The summed E-state index contributed by atoms with van der Waals surface area (Å²) in [6.07, 6.45) is -4.42. The van der Waals surface area contributed by atoms with Crippen LogP contribution in [0.4, 0.5) is 17.6 Å². The molecule has 2 aromatic rings. The summed E-state index contributed by atoms with van der Waals surface area (Å²) in [6.45, 7) is 1.83. The number of nitrogens with two attached hydrogens (primary N) is 1. The Labute approximate surface area is 122 Å². The zero-order chi connectivity index (χ0) is 15.6. The van der Waals surface area contributed by atoms with Gasteiger partial charge in [-0.1, -0.05) is 6.07 Å². The molecule has 114 valence electrons. The second-order valence-electron chi connectivity index (χ2n) is 4.52. The summed E-state index contributed by atoms with van der Waals surface area (Å²) in [5, 5.41) is 2.67. The van der Waals surface area contributed by atoms with E-state index < -0.39 is 23.6 Å². The number of aromatic nitrogens is 1. The molecule has 1 atom stereocenters. The van der Waals surface area contributed by atoms with Crippen molar-refractivity contribution in [1.29, 1.82) is 0 Å². The number of nitrogens with zero attached hydrogens (tertiary/aromatic N) is 1. The third kappa shape index (κ3) is 3.78. The number of hydrogen-bond donors (Lipinski definition) is 2. The highest BCUT2D eigenvalue weighted by molar-refractivity contribution is 7.09. The van der Waals surface area contributed by atoms with Crippen molar-refractivity contribution in [3.63, 3.8) is 0 Å². The molecule has 1 aromatic heterocycles. The van der Waals surface area contributed by atoms with Gasteiger partial charge < -0.3 is 0 Å². The van der Waals surface area contributed by atoms with E-state index in [9.17, 15) is 17.6 Å². The van der Waals surface area contributed by atoms with Crippen molar-refractivity contribution < 1.29 is 17.6 Å². The molecule has 3 nitrogen and oxygen atoms in total. The summed E-state index contributed by atoms with van der Waals surface area (Å²) in [4.78, 5) is 4.24. The number of benzene rings is 1. The van der Waals surface area contributed by atoms with E-state index >= 15 is 0 Å². The number of aryl methyl sites for hydroxylation is 1. The number of alkyl halides is 3. The Kier molecular flexibility index (Phi) is 4.60. The number of hydrazine groups is 1. The molecule has 0 saturated carbocycles. The van der Waals surface area contributed by atoms with Gasteiger partial charge in [0.25, 0.3) is 0 Å². The topological polar surface area (TPSA) is 50.9 Å². The Morgan fingerprint density at radius 2 is 2.10 bits per heavy atom. The van der Waals surface area contributed by atoms with Crippen LogP contribution >= 0.6 is 11.3 Å². The Balaban J connectivity index is 2.30. The molecule has 0 amide bonds. The zero-order valence-corrected chi connectivity index (χ0v) is 11.9. The van der Waals surface area contributed by atoms with Gasteiger partial charge in [0.2, 0.25) is 0 Å². The first-order chi connectivity index (χ1) is 9.81. The molecule has 0 saturated heterocycles. The summed E-state index contributed by atoms with van der Waals surface area (Å²) >= 11 is 1.44. The van der Waals surface area contributed by atoms with E-state index in [4.69, 9.17) is 5.84 Å². The molecule has 0 spiro atoms. The molecule has 0 aliphatic heterocycles. The van der Waals surface area contributed by atoms with Crippen LogP contribution in [0.1, 0.15) is 27.9 Å². The molecular weight excluding hydrogens is 306 g/mol. The van der Waals surface area contributed by atoms with Crippen LogP contribution in [-0.2, 0) is 12.6 Å². The van der Waals surface area contributed by atoms with E-state index in [1.807, 2.05) is 12.3 Å². The fraction of sp³-hybridized carbons (Fsp3) is 0.308. The first-order valence-corrected chi connectivity index (χ1v) is 6.93. The third-order valence-corrected chi connectivity index (χ3v) is 3.80. The van der Waals surface area contributed by atoms with Crippen molar-refractivity contribution in [3.8, 4) is 0 Å². The minimum Gasteiger partial charge on any atom is -0.271 e. The monoisotopic (exact) mass is 319 g/mol. The first-order valence-electron chi connectivity index (χ1n) is 6.05. The Morgan fingerprint density at radius 1 is 1.38 bits per heavy atom. The molecular formula is C13H13F4N3S. The maximum absolute atomic E-state index is 13.3. The maximum atomic E-state index is 13.3. The summed E-state index contributed by atoms with van der Waals surface area (Å²) in [6, 6.07) is 2.29. The van der Waals surface area contributed by atoms with E-state index in [1.165, 1.54) is 17.4 Å². The molecule has 1 unspecified atom stereocenters. The van der Waals surface area contributed by atoms with Crippen molar-refractivity contribution in [2.75, 3.05) is 0 Å². The molecule has 1 aromatic carbocycles. The minimum absolute atomic E-state index is 0.261. The van der Waals surface area contributed by atoms with Crippen LogP contribution in [-0.4, -0.2) is 4.98 Å². The highest BCUT2D eigenvalue weighted by Gasteiger charge is 2.34. The van der Waals surface area contributed by atoms with E-state index in [2.05, 4.69) is 10.4 Å². The number of hydrogen-bond acceptors (Lipinski definition) is 4. The summed E-state index contributed by atoms with van der Waals surface area (Å²) < 4.78 is 51.5. The van der Waals surface area contributed by atoms with Crippen LogP contribution < -0.4 is 11.3 Å². The number of rotatable bonds is 4. The predicted octanol–water partition coefficient (Wildman–Crippen LogP) is 3.36. The molecule has 0 radical (unpaired) electrons. The fourth-order valence-electron chi connectivity index (χ4n) is 1.96. The van der Waals surface area contributed by atoms with E-state index in [0.29, 0.717) is 6.42 Å². The Hall–Kier alpha value is -1.51. The number of thiazole rings is 1. The largest absolute Gasteiger partial charge is 0.419 e. The molecule has 0 fully saturated rings. The highest BCUT2D eigenvalue weighted by atomic mass is 32.1. The van der Waals surface area contributed by atoms with Gasteiger partial charge in [0.1, 0.15) is 5.82 Å². The van der Waals surface area contributed by atoms with Gasteiger partial charge in [-0.05, 0) is 24.6 Å². The van der Waals surface area contributed by atoms with Gasteiger partial charge in [-0.15, -0.1) is 11.3 Å². The van der Waals surface area contributed by atoms with Crippen molar-refractivity contribution in [2.24, 2.45) is 5.84 Å². The smallest absolute Gasteiger partial charge is 0.271 e. The van der Waals surface area contributed by atoms with Gasteiger partial charge in [-0.25, -0.2) is 9.37 Å². The van der Waals surface area contributed by atoms with E-state index in [-0.39, 0.29) is 5.56 Å². The average Bonchev–Trinajstić information content (AvgIpc) is 2.81. The lowest BCUT2D eigenvalue weighted by Gasteiger charge is -2.17. The molecule has 3 N–H and O–H groups in total. The second kappa shape index (κ2) is 6.08. The van der Waals surface area contributed by atoms with Crippen LogP contribution in [0.3, 0.4) is 0 Å². The highest BCUT2D eigenvalue weighted by Crippen LogP contribution is 2.33. The van der Waals surface area contributed by atoms with Crippen molar-refractivity contribution in [2.45, 2.75) is 25.6 Å². The summed E-state index contributed by atoms with van der Waals surface area (Å²) in [7, 11) is 0. The Morgan fingerprint density at radius 3 is 2.62 bits per heavy atom. The average molecular weight is 319 g/mol. The van der Waals surface area contributed by atoms with Crippen LogP contribution in [0.15, 0.2) is 23.6 Å². The quantitative estimate of drug-likeness (QED) is 0.516. The van der Waals surface area contributed by atoms with Crippen LogP contribution in [0.2, 0.25) is 0 Å². The minimum atomic E-state index is -4.74. The van der Waals surface area contributed by atoms with Crippen LogP contribution in [0.5, 0.6) is 0 Å². The molecule has 0 bridgehead atoms. The van der Waals surface area contributed by atoms with Crippen molar-refractivity contribution in [1.82, 2.24) is 10.4 Å². The van der Waals surface area contributed by atoms with Crippen LogP contribution in [0, 0.1) is 12.7 Å². The molecule has 0 aliphatic rings. The summed E-state index contributed by atoms with van der Waals surface area (Å²) in [5.74, 6) is 4.11. The lowest BCUT2D eigenvalue weighted by Crippen LogP contribution is -2.30. The van der Waals surface area contributed by atoms with Gasteiger partial charge in [-0.3, -0.25) is 11.3 Å². The molecule has 8 heteroatoms. The van der Waals surface area contributed by atoms with Gasteiger partial charge in [-0.2, -0.15) is 13.2 Å². The lowest BCUT2D eigenvalue weighted by molar-refractivity contribution is -0.140.